The molecule has 0 heterocycles. The average molecular weight is 311 g/mol. The summed E-state index contributed by atoms with van der Waals surface area (Å²) in [5.41, 5.74) is 2.41. The number of hydrogen-bond donors (Lipinski definition) is 1. The van der Waals surface area contributed by atoms with Gasteiger partial charge in [0.2, 0.25) is 0 Å². The molecule has 0 radical (unpaired) electrons. The van der Waals surface area contributed by atoms with Crippen LogP contribution in [-0.4, -0.2) is 19.6 Å². The van der Waals surface area contributed by atoms with Crippen molar-refractivity contribution in [1.29, 1.82) is 0 Å². The summed E-state index contributed by atoms with van der Waals surface area (Å²) in [4.78, 5) is 2.38. The van der Waals surface area contributed by atoms with E-state index in [2.05, 4.69) is 63.0 Å². The Morgan fingerprint density at radius 1 is 1.19 bits per heavy atom. The average Bonchev–Trinajstić information content (AvgIpc) is 2.44. The molecule has 21 heavy (non-hydrogen) atoms. The Morgan fingerprint density at radius 2 is 1.90 bits per heavy atom. The van der Waals surface area contributed by atoms with Crippen molar-refractivity contribution >= 4 is 17.3 Å². The molecule has 0 saturated carbocycles. The quantitative estimate of drug-likeness (QED) is 0.693. The molecule has 0 spiro atoms. The van der Waals surface area contributed by atoms with E-state index in [1.807, 2.05) is 0 Å². The Balaban J connectivity index is 2.71. The fraction of sp³-hybridized carbons (Fsp3) is 0.667. The predicted molar refractivity (Wildman–Crippen MR) is 95.3 cm³/mol. The number of nitrogens with zero attached hydrogens (tertiary/aromatic N) is 1. The van der Waals surface area contributed by atoms with E-state index in [4.69, 9.17) is 11.6 Å². The Kier molecular flexibility index (Phi) is 8.13. The second-order valence-corrected chi connectivity index (χ2v) is 6.77. The largest absolute Gasteiger partial charge is 0.370 e. The van der Waals surface area contributed by atoms with Gasteiger partial charge in [-0.15, -0.1) is 0 Å². The van der Waals surface area contributed by atoms with Gasteiger partial charge < -0.3 is 10.2 Å². The topological polar surface area (TPSA) is 15.3 Å². The lowest BCUT2D eigenvalue weighted by atomic mass is 10.1. The molecule has 120 valence electrons. The lowest BCUT2D eigenvalue weighted by molar-refractivity contribution is 0.547. The van der Waals surface area contributed by atoms with Gasteiger partial charge in [-0.2, -0.15) is 0 Å². The van der Waals surface area contributed by atoms with Crippen molar-refractivity contribution in [3.63, 3.8) is 0 Å². The van der Waals surface area contributed by atoms with E-state index in [9.17, 15) is 0 Å². The molecule has 0 aliphatic carbocycles. The molecule has 1 aromatic carbocycles. The highest BCUT2D eigenvalue weighted by Gasteiger charge is 2.12. The summed E-state index contributed by atoms with van der Waals surface area (Å²) in [7, 11) is 0. The molecule has 0 amide bonds. The maximum Gasteiger partial charge on any atom is 0.0642 e. The second-order valence-electron chi connectivity index (χ2n) is 6.36. The molecule has 0 aliphatic heterocycles. The van der Waals surface area contributed by atoms with Crippen LogP contribution in [0.3, 0.4) is 0 Å². The van der Waals surface area contributed by atoms with Gasteiger partial charge in [-0.3, -0.25) is 0 Å². The summed E-state index contributed by atoms with van der Waals surface area (Å²) >= 11 is 6.50. The first-order valence-corrected chi connectivity index (χ1v) is 8.59. The normalized spacial score (nSPS) is 12.7. The van der Waals surface area contributed by atoms with Crippen LogP contribution in [0.25, 0.3) is 0 Å². The van der Waals surface area contributed by atoms with Gasteiger partial charge in [0.05, 0.1) is 10.7 Å². The molecular weight excluding hydrogens is 280 g/mol. The van der Waals surface area contributed by atoms with Crippen LogP contribution < -0.4 is 10.2 Å². The molecule has 2 nitrogen and oxygen atoms in total. The summed E-state index contributed by atoms with van der Waals surface area (Å²) in [5, 5.41) is 4.32. The molecule has 0 aliphatic rings. The maximum absolute atomic E-state index is 6.50. The van der Waals surface area contributed by atoms with Gasteiger partial charge in [-0.1, -0.05) is 51.8 Å². The summed E-state index contributed by atoms with van der Waals surface area (Å²) in [5.74, 6) is 1.36. The zero-order valence-corrected chi connectivity index (χ0v) is 15.0. The van der Waals surface area contributed by atoms with Crippen LogP contribution in [-0.2, 0) is 6.54 Å². The van der Waals surface area contributed by atoms with Crippen LogP contribution in [0.15, 0.2) is 18.2 Å². The highest BCUT2D eigenvalue weighted by atomic mass is 35.5. The van der Waals surface area contributed by atoms with E-state index in [1.54, 1.807) is 0 Å². The smallest absolute Gasteiger partial charge is 0.0642 e. The standard InChI is InChI=1S/C18H31ClN2/c1-6-15(5)13-21(7-2)18-9-8-16(10-17(18)19)12-20-11-14(3)4/h8-10,14-15,20H,6-7,11-13H2,1-5H3. The van der Waals surface area contributed by atoms with E-state index in [-0.39, 0.29) is 0 Å². The molecule has 0 saturated heterocycles. The fourth-order valence-corrected chi connectivity index (χ4v) is 2.65. The van der Waals surface area contributed by atoms with Gasteiger partial charge in [-0.05, 0) is 43.0 Å². The highest BCUT2D eigenvalue weighted by molar-refractivity contribution is 6.33. The first-order valence-electron chi connectivity index (χ1n) is 8.21. The third-order valence-corrected chi connectivity index (χ3v) is 4.15. The van der Waals surface area contributed by atoms with Crippen LogP contribution in [0.4, 0.5) is 5.69 Å². The number of anilines is 1. The van der Waals surface area contributed by atoms with Gasteiger partial charge in [0.15, 0.2) is 0 Å². The van der Waals surface area contributed by atoms with E-state index in [0.717, 1.165) is 36.9 Å². The fourth-order valence-electron chi connectivity index (χ4n) is 2.33. The first-order chi connectivity index (χ1) is 9.97. The van der Waals surface area contributed by atoms with E-state index in [0.29, 0.717) is 11.8 Å². The predicted octanol–water partition coefficient (Wildman–Crippen LogP) is 4.96. The lowest BCUT2D eigenvalue weighted by Gasteiger charge is -2.27. The lowest BCUT2D eigenvalue weighted by Crippen LogP contribution is -2.28. The number of rotatable bonds is 9. The number of halogens is 1. The second kappa shape index (κ2) is 9.32. The zero-order valence-electron chi connectivity index (χ0n) is 14.2. The SMILES string of the molecule is CCC(C)CN(CC)c1ccc(CNCC(C)C)cc1Cl. The molecular formula is C18H31ClN2. The monoisotopic (exact) mass is 310 g/mol. The van der Waals surface area contributed by atoms with Gasteiger partial charge in [0, 0.05) is 19.6 Å². The van der Waals surface area contributed by atoms with Gasteiger partial charge >= 0.3 is 0 Å². The molecule has 0 aromatic heterocycles. The number of hydrogen-bond acceptors (Lipinski definition) is 2. The van der Waals surface area contributed by atoms with Crippen LogP contribution >= 0.6 is 11.6 Å². The molecule has 0 fully saturated rings. The maximum atomic E-state index is 6.50. The van der Waals surface area contributed by atoms with Crippen molar-refractivity contribution in [2.75, 3.05) is 24.5 Å². The van der Waals surface area contributed by atoms with Crippen LogP contribution in [0.1, 0.15) is 46.6 Å². The molecule has 1 N–H and O–H groups in total. The third kappa shape index (κ3) is 6.27. The van der Waals surface area contributed by atoms with E-state index in [1.165, 1.54) is 12.0 Å². The van der Waals surface area contributed by atoms with Crippen LogP contribution in [0.2, 0.25) is 5.02 Å². The molecule has 1 rings (SSSR count). The summed E-state index contributed by atoms with van der Waals surface area (Å²) < 4.78 is 0. The zero-order chi connectivity index (χ0) is 15.8. The van der Waals surface area contributed by atoms with E-state index < -0.39 is 0 Å². The van der Waals surface area contributed by atoms with E-state index >= 15 is 0 Å². The first kappa shape index (κ1) is 18.3. The Morgan fingerprint density at radius 3 is 2.43 bits per heavy atom. The molecule has 1 aromatic rings. The minimum Gasteiger partial charge on any atom is -0.370 e. The Hall–Kier alpha value is -0.730. The number of benzene rings is 1. The van der Waals surface area contributed by atoms with Crippen molar-refractivity contribution in [3.8, 4) is 0 Å². The van der Waals surface area contributed by atoms with Crippen LogP contribution in [0, 0.1) is 11.8 Å². The summed E-state index contributed by atoms with van der Waals surface area (Å²) in [6, 6.07) is 6.46. The van der Waals surface area contributed by atoms with Gasteiger partial charge in [0.25, 0.3) is 0 Å². The number of nitrogens with one attached hydrogen (secondary N) is 1. The summed E-state index contributed by atoms with van der Waals surface area (Å²) in [6.07, 6.45) is 1.20. The van der Waals surface area contributed by atoms with Crippen molar-refractivity contribution < 1.29 is 0 Å². The molecule has 1 unspecified atom stereocenters. The third-order valence-electron chi connectivity index (χ3n) is 3.85. The van der Waals surface area contributed by atoms with Crippen molar-refractivity contribution in [3.05, 3.63) is 28.8 Å². The van der Waals surface area contributed by atoms with Gasteiger partial charge in [0.1, 0.15) is 0 Å². The van der Waals surface area contributed by atoms with Crippen molar-refractivity contribution in [2.24, 2.45) is 11.8 Å². The van der Waals surface area contributed by atoms with Gasteiger partial charge in [-0.25, -0.2) is 0 Å². The van der Waals surface area contributed by atoms with Crippen LogP contribution in [0.5, 0.6) is 0 Å². The highest BCUT2D eigenvalue weighted by Crippen LogP contribution is 2.28. The summed E-state index contributed by atoms with van der Waals surface area (Å²) in [6.45, 7) is 15.1. The minimum absolute atomic E-state index is 0.672. The van der Waals surface area contributed by atoms with Crippen molar-refractivity contribution in [1.82, 2.24) is 5.32 Å². The molecule has 3 heteroatoms. The molecule has 0 bridgehead atoms. The van der Waals surface area contributed by atoms with Crippen molar-refractivity contribution in [2.45, 2.75) is 47.6 Å². The Bertz CT molecular complexity index is 418. The minimum atomic E-state index is 0.672. The molecule has 1 atom stereocenters. The Labute approximate surface area is 135 Å².